The van der Waals surface area contributed by atoms with Gasteiger partial charge < -0.3 is 5.73 Å². The van der Waals surface area contributed by atoms with Gasteiger partial charge in [-0.25, -0.2) is 4.98 Å². The molecule has 0 atom stereocenters. The van der Waals surface area contributed by atoms with Crippen LogP contribution in [0.2, 0.25) is 20.2 Å². The Labute approximate surface area is 118 Å². The Bertz CT molecular complexity index is 561. The number of halogens is 4. The molecule has 0 saturated carbocycles. The van der Waals surface area contributed by atoms with Crippen LogP contribution in [0.25, 0.3) is 11.1 Å². The molecule has 2 nitrogen and oxygen atoms in total. The van der Waals surface area contributed by atoms with Crippen LogP contribution in [0.5, 0.6) is 0 Å². The van der Waals surface area contributed by atoms with Crippen molar-refractivity contribution in [2.75, 3.05) is 5.73 Å². The van der Waals surface area contributed by atoms with Gasteiger partial charge in [-0.3, -0.25) is 0 Å². The molecule has 0 amide bonds. The Hall–Kier alpha value is -0.670. The van der Waals surface area contributed by atoms with E-state index in [1.54, 1.807) is 24.4 Å². The van der Waals surface area contributed by atoms with Gasteiger partial charge in [-0.05, 0) is 23.8 Å². The minimum absolute atomic E-state index is 0.264. The Morgan fingerprint density at radius 1 is 0.882 bits per heavy atom. The molecule has 88 valence electrons. The first-order valence-corrected chi connectivity index (χ1v) is 6.06. The molecule has 0 bridgehead atoms. The van der Waals surface area contributed by atoms with Crippen LogP contribution in [0.1, 0.15) is 0 Å². The number of nitrogen functional groups attached to an aromatic ring is 1. The lowest BCUT2D eigenvalue weighted by Gasteiger charge is -2.06. The molecule has 2 N–H and O–H groups in total. The van der Waals surface area contributed by atoms with Crippen molar-refractivity contribution in [1.29, 1.82) is 0 Å². The molecule has 1 heterocycles. The van der Waals surface area contributed by atoms with Crippen LogP contribution in [0.15, 0.2) is 24.4 Å². The molecule has 2 aromatic rings. The van der Waals surface area contributed by atoms with Crippen LogP contribution in [-0.2, 0) is 0 Å². The van der Waals surface area contributed by atoms with Crippen molar-refractivity contribution < 1.29 is 0 Å². The van der Waals surface area contributed by atoms with E-state index in [0.717, 1.165) is 11.1 Å². The summed E-state index contributed by atoms with van der Waals surface area (Å²) >= 11 is 23.5. The third-order valence-corrected chi connectivity index (χ3v) is 3.70. The van der Waals surface area contributed by atoms with E-state index in [1.165, 1.54) is 0 Å². The molecule has 0 unspecified atom stereocenters. The van der Waals surface area contributed by atoms with Gasteiger partial charge in [0.1, 0.15) is 0 Å². The molecular weight excluding hydrogens is 302 g/mol. The summed E-state index contributed by atoms with van der Waals surface area (Å²) in [7, 11) is 0. The van der Waals surface area contributed by atoms with E-state index in [2.05, 4.69) is 4.98 Å². The number of nitrogens with zero attached hydrogens (tertiary/aromatic N) is 1. The smallest absolute Gasteiger partial charge is 0.151 e. The van der Waals surface area contributed by atoms with Gasteiger partial charge in [-0.2, -0.15) is 0 Å². The fraction of sp³-hybridized carbons (Fsp3) is 0. The first-order valence-electron chi connectivity index (χ1n) is 4.55. The molecule has 0 fully saturated rings. The fourth-order valence-electron chi connectivity index (χ4n) is 1.35. The van der Waals surface area contributed by atoms with Gasteiger partial charge in [-0.15, -0.1) is 0 Å². The number of hydrogen-bond donors (Lipinski definition) is 1. The zero-order valence-electron chi connectivity index (χ0n) is 8.35. The second-order valence-corrected chi connectivity index (χ2v) is 4.91. The number of nitrogens with two attached hydrogens (primary N) is 1. The number of benzene rings is 1. The average molecular weight is 308 g/mol. The zero-order chi connectivity index (χ0) is 12.6. The van der Waals surface area contributed by atoms with Crippen molar-refractivity contribution in [2.24, 2.45) is 0 Å². The highest BCUT2D eigenvalue weighted by molar-refractivity contribution is 6.48. The van der Waals surface area contributed by atoms with Crippen LogP contribution in [0.4, 0.5) is 5.69 Å². The average Bonchev–Trinajstić information content (AvgIpc) is 2.29. The Morgan fingerprint density at radius 2 is 1.47 bits per heavy atom. The van der Waals surface area contributed by atoms with E-state index >= 15 is 0 Å². The summed E-state index contributed by atoms with van der Waals surface area (Å²) in [5, 5.41) is 1.34. The second kappa shape index (κ2) is 4.91. The molecule has 1 aromatic carbocycles. The lowest BCUT2D eigenvalue weighted by atomic mass is 10.1. The molecule has 1 aromatic heterocycles. The normalized spacial score (nSPS) is 10.6. The number of aromatic nitrogens is 1. The van der Waals surface area contributed by atoms with Crippen LogP contribution >= 0.6 is 46.4 Å². The highest BCUT2D eigenvalue weighted by Crippen LogP contribution is 2.35. The van der Waals surface area contributed by atoms with E-state index in [-0.39, 0.29) is 5.15 Å². The van der Waals surface area contributed by atoms with E-state index < -0.39 is 0 Å². The summed E-state index contributed by atoms with van der Waals surface area (Å²) in [4.78, 5) is 3.96. The number of anilines is 1. The predicted octanol–water partition coefficient (Wildman–Crippen LogP) is 4.94. The van der Waals surface area contributed by atoms with Gasteiger partial charge >= 0.3 is 0 Å². The van der Waals surface area contributed by atoms with E-state index in [4.69, 9.17) is 52.1 Å². The summed E-state index contributed by atoms with van der Waals surface area (Å²) in [5.41, 5.74) is 7.62. The number of hydrogen-bond acceptors (Lipinski definition) is 2. The molecule has 2 rings (SSSR count). The van der Waals surface area contributed by atoms with Crippen molar-refractivity contribution in [2.45, 2.75) is 0 Å². The van der Waals surface area contributed by atoms with Gasteiger partial charge in [0.2, 0.25) is 0 Å². The Morgan fingerprint density at radius 3 is 2.00 bits per heavy atom. The van der Waals surface area contributed by atoms with Gasteiger partial charge in [-0.1, -0.05) is 46.4 Å². The van der Waals surface area contributed by atoms with Crippen molar-refractivity contribution in [1.82, 2.24) is 4.98 Å². The maximum atomic E-state index is 5.95. The van der Waals surface area contributed by atoms with Crippen molar-refractivity contribution in [3.05, 3.63) is 44.6 Å². The summed E-state index contributed by atoms with van der Waals surface area (Å²) < 4.78 is 0. The molecule has 0 aliphatic rings. The summed E-state index contributed by atoms with van der Waals surface area (Å²) in [5.74, 6) is 0. The topological polar surface area (TPSA) is 38.9 Å². The van der Waals surface area contributed by atoms with Crippen molar-refractivity contribution in [3.63, 3.8) is 0 Å². The molecule has 0 radical (unpaired) electrons. The summed E-state index contributed by atoms with van der Waals surface area (Å²) in [6.07, 6.45) is 1.59. The minimum Gasteiger partial charge on any atom is -0.396 e. The van der Waals surface area contributed by atoms with E-state index in [1.807, 2.05) is 0 Å². The van der Waals surface area contributed by atoms with Crippen LogP contribution < -0.4 is 5.73 Å². The maximum Gasteiger partial charge on any atom is 0.151 e. The van der Waals surface area contributed by atoms with Gasteiger partial charge in [0.25, 0.3) is 0 Å². The van der Waals surface area contributed by atoms with Crippen LogP contribution in [-0.4, -0.2) is 4.98 Å². The summed E-state index contributed by atoms with van der Waals surface area (Å²) in [6.45, 7) is 0. The maximum absolute atomic E-state index is 5.95. The third kappa shape index (κ3) is 2.61. The van der Waals surface area contributed by atoms with Gasteiger partial charge in [0.05, 0.1) is 20.8 Å². The van der Waals surface area contributed by atoms with Crippen LogP contribution in [0, 0.1) is 0 Å². The Kier molecular flexibility index (Phi) is 3.69. The number of rotatable bonds is 1. The Balaban J connectivity index is 2.57. The first-order chi connectivity index (χ1) is 7.99. The second-order valence-electron chi connectivity index (χ2n) is 3.36. The molecule has 0 saturated heterocycles. The van der Waals surface area contributed by atoms with Crippen LogP contribution in [0.3, 0.4) is 0 Å². The standard InChI is InChI=1S/C11H6Cl4N2/c12-7-1-5(2-8(13)10(7)14)6-3-9(16)11(15)17-4-6/h1-4H,16H2. The monoisotopic (exact) mass is 306 g/mol. The molecule has 17 heavy (non-hydrogen) atoms. The third-order valence-electron chi connectivity index (χ3n) is 2.18. The molecule has 0 aliphatic heterocycles. The first kappa shape index (κ1) is 12.8. The van der Waals surface area contributed by atoms with Crippen molar-refractivity contribution >= 4 is 52.1 Å². The van der Waals surface area contributed by atoms with Gasteiger partial charge in [0, 0.05) is 11.8 Å². The molecule has 0 aliphatic carbocycles. The van der Waals surface area contributed by atoms with E-state index in [0.29, 0.717) is 20.8 Å². The van der Waals surface area contributed by atoms with Gasteiger partial charge in [0.15, 0.2) is 5.15 Å². The van der Waals surface area contributed by atoms with E-state index in [9.17, 15) is 0 Å². The fourth-order valence-corrected chi connectivity index (χ4v) is 2.04. The highest BCUT2D eigenvalue weighted by Gasteiger charge is 2.09. The molecule has 6 heteroatoms. The summed E-state index contributed by atoms with van der Waals surface area (Å²) in [6, 6.07) is 5.09. The largest absolute Gasteiger partial charge is 0.396 e. The molecular formula is C11H6Cl4N2. The minimum atomic E-state index is 0.264. The zero-order valence-corrected chi connectivity index (χ0v) is 11.4. The molecule has 0 spiro atoms. The predicted molar refractivity (Wildman–Crippen MR) is 74.1 cm³/mol. The number of pyridine rings is 1. The lowest BCUT2D eigenvalue weighted by molar-refractivity contribution is 1.33. The van der Waals surface area contributed by atoms with Crippen molar-refractivity contribution in [3.8, 4) is 11.1 Å². The highest BCUT2D eigenvalue weighted by atomic mass is 35.5. The SMILES string of the molecule is Nc1cc(-c2cc(Cl)c(Cl)c(Cl)c2)cnc1Cl. The quantitative estimate of drug-likeness (QED) is 0.598. The lowest BCUT2D eigenvalue weighted by Crippen LogP contribution is -1.90.